The Morgan fingerprint density at radius 1 is 1.25 bits per heavy atom. The lowest BCUT2D eigenvalue weighted by Crippen LogP contribution is -2.50. The number of nitrogens with two attached hydrogens (primary N) is 1. The van der Waals surface area contributed by atoms with E-state index in [-0.39, 0.29) is 11.6 Å². The summed E-state index contributed by atoms with van der Waals surface area (Å²) >= 11 is 0. The molecule has 3 heteroatoms. The van der Waals surface area contributed by atoms with Gasteiger partial charge in [0.1, 0.15) is 0 Å². The molecule has 0 aliphatic heterocycles. The molecule has 2 rings (SSSR count). The van der Waals surface area contributed by atoms with Crippen LogP contribution in [-0.4, -0.2) is 23.7 Å². The van der Waals surface area contributed by atoms with Crippen molar-refractivity contribution in [2.24, 2.45) is 5.73 Å². The zero-order chi connectivity index (χ0) is 14.4. The molecule has 0 saturated heterocycles. The maximum Gasteiger partial charge on any atom is 0.0832 e. The van der Waals surface area contributed by atoms with Crippen LogP contribution in [0, 0.1) is 0 Å². The maximum absolute atomic E-state index is 6.50. The monoisotopic (exact) mass is 276 g/mol. The summed E-state index contributed by atoms with van der Waals surface area (Å²) in [6, 6.07) is 4.30. The predicted octanol–water partition coefficient (Wildman–Crippen LogP) is 3.25. The second-order valence-corrected chi connectivity index (χ2v) is 6.01. The van der Waals surface area contributed by atoms with Gasteiger partial charge in [0.15, 0.2) is 0 Å². The summed E-state index contributed by atoms with van der Waals surface area (Å²) in [6.45, 7) is 2.15. The summed E-state index contributed by atoms with van der Waals surface area (Å²) in [4.78, 5) is 4.54. The molecule has 0 spiro atoms. The van der Waals surface area contributed by atoms with Crippen molar-refractivity contribution in [1.82, 2.24) is 4.98 Å². The topological polar surface area (TPSA) is 48.1 Å². The Bertz CT molecular complexity index is 394. The quantitative estimate of drug-likeness (QED) is 0.840. The first-order valence-electron chi connectivity index (χ1n) is 7.95. The third-order valence-corrected chi connectivity index (χ3v) is 4.76. The third-order valence-electron chi connectivity index (χ3n) is 4.76. The Balaban J connectivity index is 2.05. The number of hydrogen-bond donors (Lipinski definition) is 1. The van der Waals surface area contributed by atoms with E-state index in [0.29, 0.717) is 0 Å². The molecule has 0 amide bonds. The van der Waals surface area contributed by atoms with Crippen molar-refractivity contribution in [3.63, 3.8) is 0 Å². The molecule has 1 fully saturated rings. The van der Waals surface area contributed by atoms with Gasteiger partial charge in [0.25, 0.3) is 0 Å². The van der Waals surface area contributed by atoms with Crippen LogP contribution in [0.25, 0.3) is 0 Å². The fourth-order valence-corrected chi connectivity index (χ4v) is 3.25. The van der Waals surface area contributed by atoms with Crippen LogP contribution in [0.4, 0.5) is 0 Å². The minimum atomic E-state index is -0.151. The molecule has 3 nitrogen and oxygen atoms in total. The van der Waals surface area contributed by atoms with Crippen molar-refractivity contribution in [2.45, 2.75) is 69.9 Å². The molecular weight excluding hydrogens is 248 g/mol. The summed E-state index contributed by atoms with van der Waals surface area (Å²) in [6.07, 6.45) is 11.0. The first-order chi connectivity index (χ1) is 9.70. The van der Waals surface area contributed by atoms with Gasteiger partial charge in [-0.1, -0.05) is 38.7 Å². The van der Waals surface area contributed by atoms with E-state index in [4.69, 9.17) is 10.5 Å². The zero-order valence-corrected chi connectivity index (χ0v) is 12.9. The summed E-state index contributed by atoms with van der Waals surface area (Å²) in [5.41, 5.74) is 8.70. The van der Waals surface area contributed by atoms with E-state index >= 15 is 0 Å². The molecule has 20 heavy (non-hydrogen) atoms. The van der Waals surface area contributed by atoms with Gasteiger partial charge in [0.2, 0.25) is 0 Å². The molecule has 1 unspecified atom stereocenters. The van der Waals surface area contributed by atoms with Gasteiger partial charge in [0, 0.05) is 31.5 Å². The molecular formula is C17H28N2O. The lowest BCUT2D eigenvalue weighted by atomic mass is 9.84. The molecule has 0 radical (unpaired) electrons. The number of aromatic nitrogens is 1. The molecule has 1 aliphatic rings. The van der Waals surface area contributed by atoms with Gasteiger partial charge in [-0.2, -0.15) is 0 Å². The molecule has 1 heterocycles. The van der Waals surface area contributed by atoms with Crippen LogP contribution >= 0.6 is 0 Å². The largest absolute Gasteiger partial charge is 0.377 e. The number of pyridine rings is 1. The van der Waals surface area contributed by atoms with Crippen molar-refractivity contribution in [1.29, 1.82) is 0 Å². The normalized spacial score (nSPS) is 20.4. The minimum absolute atomic E-state index is 0.0329. The van der Waals surface area contributed by atoms with Crippen molar-refractivity contribution in [3.05, 3.63) is 29.6 Å². The Morgan fingerprint density at radius 2 is 1.95 bits per heavy atom. The number of hydrogen-bond acceptors (Lipinski definition) is 3. The smallest absolute Gasteiger partial charge is 0.0832 e. The fraction of sp³-hybridized carbons (Fsp3) is 0.706. The lowest BCUT2D eigenvalue weighted by molar-refractivity contribution is -0.0432. The van der Waals surface area contributed by atoms with Gasteiger partial charge in [0.05, 0.1) is 5.60 Å². The number of nitrogens with zero attached hydrogens (tertiary/aromatic N) is 1. The van der Waals surface area contributed by atoms with E-state index in [0.717, 1.165) is 31.4 Å². The van der Waals surface area contributed by atoms with E-state index in [2.05, 4.69) is 24.0 Å². The van der Waals surface area contributed by atoms with Crippen LogP contribution in [0.3, 0.4) is 0 Å². The number of aryl methyl sites for hydroxylation is 1. The lowest BCUT2D eigenvalue weighted by Gasteiger charge is -2.37. The first-order valence-corrected chi connectivity index (χ1v) is 7.95. The molecule has 112 valence electrons. The van der Waals surface area contributed by atoms with Gasteiger partial charge in [-0.05, 0) is 30.9 Å². The summed E-state index contributed by atoms with van der Waals surface area (Å²) < 4.78 is 5.88. The van der Waals surface area contributed by atoms with E-state index in [1.54, 1.807) is 0 Å². The molecule has 1 atom stereocenters. The molecule has 2 N–H and O–H groups in total. The number of methoxy groups -OCH3 is 1. The van der Waals surface area contributed by atoms with Crippen LogP contribution in [-0.2, 0) is 17.6 Å². The van der Waals surface area contributed by atoms with Gasteiger partial charge < -0.3 is 10.5 Å². The minimum Gasteiger partial charge on any atom is -0.377 e. The maximum atomic E-state index is 6.50. The van der Waals surface area contributed by atoms with Crippen LogP contribution in [0.2, 0.25) is 0 Å². The van der Waals surface area contributed by atoms with Crippen LogP contribution in [0.1, 0.15) is 56.7 Å². The second kappa shape index (κ2) is 7.19. The van der Waals surface area contributed by atoms with Gasteiger partial charge >= 0.3 is 0 Å². The molecule has 1 saturated carbocycles. The Morgan fingerprint density at radius 3 is 2.45 bits per heavy atom. The van der Waals surface area contributed by atoms with Gasteiger partial charge in [-0.15, -0.1) is 0 Å². The Kier molecular flexibility index (Phi) is 5.55. The van der Waals surface area contributed by atoms with Gasteiger partial charge in [-0.3, -0.25) is 4.98 Å². The van der Waals surface area contributed by atoms with Crippen molar-refractivity contribution >= 4 is 0 Å². The highest BCUT2D eigenvalue weighted by Crippen LogP contribution is 2.33. The van der Waals surface area contributed by atoms with E-state index in [1.165, 1.54) is 31.2 Å². The molecule has 1 aromatic heterocycles. The predicted molar refractivity (Wildman–Crippen MR) is 82.7 cm³/mol. The van der Waals surface area contributed by atoms with Crippen LogP contribution in [0.15, 0.2) is 18.3 Å². The average molecular weight is 276 g/mol. The van der Waals surface area contributed by atoms with Gasteiger partial charge in [-0.25, -0.2) is 0 Å². The number of ether oxygens (including phenoxy) is 1. The molecule has 1 aromatic rings. The standard InChI is InChI=1S/C17H28N2O/c1-3-14-8-9-15(19-13-14)12-16(18)17(20-2)10-6-4-5-7-11-17/h8-9,13,16H,3-7,10-12,18H2,1-2H3. The van der Waals surface area contributed by atoms with E-state index in [9.17, 15) is 0 Å². The third kappa shape index (κ3) is 3.58. The second-order valence-electron chi connectivity index (χ2n) is 6.01. The van der Waals surface area contributed by atoms with Crippen molar-refractivity contribution in [2.75, 3.05) is 7.11 Å². The molecule has 0 bridgehead atoms. The zero-order valence-electron chi connectivity index (χ0n) is 12.9. The highest BCUT2D eigenvalue weighted by molar-refractivity contribution is 5.15. The SMILES string of the molecule is CCc1ccc(CC(N)C2(OC)CCCCCC2)nc1. The van der Waals surface area contributed by atoms with E-state index in [1.807, 2.05) is 13.3 Å². The highest BCUT2D eigenvalue weighted by Gasteiger charge is 2.37. The first kappa shape index (κ1) is 15.5. The van der Waals surface area contributed by atoms with Crippen LogP contribution < -0.4 is 5.73 Å². The molecule has 1 aliphatic carbocycles. The Hall–Kier alpha value is -0.930. The fourth-order valence-electron chi connectivity index (χ4n) is 3.25. The Labute approximate surface area is 122 Å². The van der Waals surface area contributed by atoms with Crippen molar-refractivity contribution in [3.8, 4) is 0 Å². The summed E-state index contributed by atoms with van der Waals surface area (Å²) in [5, 5.41) is 0. The van der Waals surface area contributed by atoms with Crippen LogP contribution in [0.5, 0.6) is 0 Å². The van der Waals surface area contributed by atoms with E-state index < -0.39 is 0 Å². The summed E-state index contributed by atoms with van der Waals surface area (Å²) in [7, 11) is 1.82. The summed E-state index contributed by atoms with van der Waals surface area (Å²) in [5.74, 6) is 0. The molecule has 0 aromatic carbocycles. The highest BCUT2D eigenvalue weighted by atomic mass is 16.5. The van der Waals surface area contributed by atoms with Crippen molar-refractivity contribution < 1.29 is 4.74 Å². The average Bonchev–Trinajstić information content (AvgIpc) is 2.74. The number of rotatable bonds is 5.